The number of carboxylic acid groups (broad SMARTS) is 1. The molecule has 2 aliphatic rings. The Labute approximate surface area is 248 Å². The number of anilines is 2. The van der Waals surface area contributed by atoms with Crippen molar-refractivity contribution in [2.75, 3.05) is 36.4 Å². The lowest BCUT2D eigenvalue weighted by atomic mass is 10.0. The highest BCUT2D eigenvalue weighted by molar-refractivity contribution is 6.05. The SMILES string of the molecule is O=C(O)NC1CCN(C(=O)c2ccc(-n3ncc4cc(NC(=O)c5ccc(N6CCC(O)CC6)cc5)ccc43)cc2)CC1. The van der Waals surface area contributed by atoms with E-state index in [9.17, 15) is 19.5 Å². The molecule has 2 saturated heterocycles. The number of amides is 3. The molecular weight excluding hydrogens is 548 g/mol. The number of carbonyl (C=O) groups excluding carboxylic acids is 2. The molecule has 43 heavy (non-hydrogen) atoms. The number of carbonyl (C=O) groups is 3. The summed E-state index contributed by atoms with van der Waals surface area (Å²) in [5.41, 5.74) is 4.50. The topological polar surface area (TPSA) is 140 Å². The van der Waals surface area contributed by atoms with Crippen molar-refractivity contribution in [3.05, 3.63) is 84.1 Å². The van der Waals surface area contributed by atoms with Gasteiger partial charge in [-0.2, -0.15) is 5.10 Å². The van der Waals surface area contributed by atoms with Crippen LogP contribution in [0.25, 0.3) is 16.6 Å². The largest absolute Gasteiger partial charge is 0.465 e. The monoisotopic (exact) mass is 582 g/mol. The van der Waals surface area contributed by atoms with Crippen LogP contribution in [0, 0.1) is 0 Å². The third kappa shape index (κ3) is 6.31. The highest BCUT2D eigenvalue weighted by Gasteiger charge is 2.24. The van der Waals surface area contributed by atoms with E-state index < -0.39 is 6.09 Å². The molecule has 6 rings (SSSR count). The fourth-order valence-electron chi connectivity index (χ4n) is 5.80. The van der Waals surface area contributed by atoms with E-state index in [1.54, 1.807) is 27.9 Å². The number of piperidine rings is 2. The van der Waals surface area contributed by atoms with Crippen LogP contribution in [0.3, 0.4) is 0 Å². The number of hydrogen-bond donors (Lipinski definition) is 4. The van der Waals surface area contributed by atoms with Crippen molar-refractivity contribution in [3.63, 3.8) is 0 Å². The molecule has 3 amide bonds. The molecule has 0 spiro atoms. The van der Waals surface area contributed by atoms with Crippen LogP contribution in [0.5, 0.6) is 0 Å². The Bertz CT molecular complexity index is 1620. The lowest BCUT2D eigenvalue weighted by molar-refractivity contribution is 0.0705. The predicted molar refractivity (Wildman–Crippen MR) is 163 cm³/mol. The van der Waals surface area contributed by atoms with Gasteiger partial charge < -0.3 is 30.6 Å². The van der Waals surface area contributed by atoms with Crippen molar-refractivity contribution in [1.82, 2.24) is 20.0 Å². The number of hydrogen-bond acceptors (Lipinski definition) is 6. The van der Waals surface area contributed by atoms with Gasteiger partial charge in [0.2, 0.25) is 0 Å². The van der Waals surface area contributed by atoms with Crippen LogP contribution < -0.4 is 15.5 Å². The summed E-state index contributed by atoms with van der Waals surface area (Å²) in [6.45, 7) is 2.61. The molecule has 0 unspecified atom stereocenters. The molecule has 0 radical (unpaired) electrons. The number of likely N-dealkylation sites (tertiary alicyclic amines) is 1. The van der Waals surface area contributed by atoms with Crippen molar-refractivity contribution in [3.8, 4) is 5.69 Å². The minimum atomic E-state index is -1.04. The van der Waals surface area contributed by atoms with Gasteiger partial charge in [-0.1, -0.05) is 0 Å². The number of nitrogens with zero attached hydrogens (tertiary/aromatic N) is 4. The average Bonchev–Trinajstić information content (AvgIpc) is 3.45. The molecule has 3 aromatic carbocycles. The summed E-state index contributed by atoms with van der Waals surface area (Å²) in [6.07, 6.45) is 3.16. The number of fused-ring (bicyclic) bond motifs is 1. The van der Waals surface area contributed by atoms with E-state index >= 15 is 0 Å². The summed E-state index contributed by atoms with van der Waals surface area (Å²) in [4.78, 5) is 40.8. The van der Waals surface area contributed by atoms with Crippen LogP contribution in [0.2, 0.25) is 0 Å². The van der Waals surface area contributed by atoms with Crippen molar-refractivity contribution >= 4 is 40.2 Å². The van der Waals surface area contributed by atoms with E-state index in [2.05, 4.69) is 20.6 Å². The molecule has 0 bridgehead atoms. The fourth-order valence-corrected chi connectivity index (χ4v) is 5.80. The van der Waals surface area contributed by atoms with Gasteiger partial charge in [0, 0.05) is 60.1 Å². The van der Waals surface area contributed by atoms with E-state index in [0.717, 1.165) is 48.2 Å². The molecule has 0 atom stereocenters. The van der Waals surface area contributed by atoms with Gasteiger partial charge in [0.25, 0.3) is 11.8 Å². The first-order chi connectivity index (χ1) is 20.8. The average molecular weight is 583 g/mol. The summed E-state index contributed by atoms with van der Waals surface area (Å²) >= 11 is 0. The minimum absolute atomic E-state index is 0.0768. The molecule has 2 aliphatic heterocycles. The Morgan fingerprint density at radius 2 is 1.44 bits per heavy atom. The van der Waals surface area contributed by atoms with Gasteiger partial charge in [-0.15, -0.1) is 0 Å². The highest BCUT2D eigenvalue weighted by Crippen LogP contribution is 2.25. The van der Waals surface area contributed by atoms with E-state index in [4.69, 9.17) is 5.11 Å². The summed E-state index contributed by atoms with van der Waals surface area (Å²) < 4.78 is 1.79. The van der Waals surface area contributed by atoms with E-state index in [1.807, 2.05) is 54.6 Å². The van der Waals surface area contributed by atoms with Gasteiger partial charge >= 0.3 is 6.09 Å². The van der Waals surface area contributed by atoms with E-state index in [0.29, 0.717) is 42.7 Å². The molecular formula is C32H34N6O5. The minimum Gasteiger partial charge on any atom is -0.465 e. The van der Waals surface area contributed by atoms with E-state index in [-0.39, 0.29) is 24.0 Å². The van der Waals surface area contributed by atoms with Gasteiger partial charge in [0.15, 0.2) is 0 Å². The lowest BCUT2D eigenvalue weighted by Crippen LogP contribution is -2.46. The zero-order valence-corrected chi connectivity index (χ0v) is 23.6. The van der Waals surface area contributed by atoms with Crippen molar-refractivity contribution in [2.45, 2.75) is 37.8 Å². The van der Waals surface area contributed by atoms with Gasteiger partial charge in [-0.3, -0.25) is 9.59 Å². The normalized spacial score (nSPS) is 16.3. The maximum absolute atomic E-state index is 13.0. The van der Waals surface area contributed by atoms with Crippen LogP contribution in [-0.4, -0.2) is 81.1 Å². The third-order valence-corrected chi connectivity index (χ3v) is 8.25. The molecule has 1 aromatic heterocycles. The standard InChI is InChI=1S/C32H34N6O5/c39-28-13-17-36(18-14-28)26-6-1-21(2-7-26)30(40)34-25-5-10-29-23(19-25)20-33-38(29)27-8-3-22(4-9-27)31(41)37-15-11-24(12-16-37)35-32(42)43/h1-10,19-20,24,28,35,39H,11-18H2,(H,34,40)(H,42,43). The zero-order valence-electron chi connectivity index (χ0n) is 23.6. The second kappa shape index (κ2) is 12.1. The quantitative estimate of drug-likeness (QED) is 0.268. The van der Waals surface area contributed by atoms with E-state index in [1.165, 1.54) is 0 Å². The van der Waals surface area contributed by atoms with Crippen LogP contribution in [0.15, 0.2) is 72.9 Å². The number of nitrogens with one attached hydrogen (secondary N) is 2. The number of rotatable bonds is 6. The molecule has 2 fully saturated rings. The maximum atomic E-state index is 13.0. The predicted octanol–water partition coefficient (Wildman–Crippen LogP) is 4.11. The molecule has 4 N–H and O–H groups in total. The van der Waals surface area contributed by atoms with Gasteiger partial charge in [-0.05, 0) is 92.4 Å². The third-order valence-electron chi connectivity index (χ3n) is 8.25. The molecule has 3 heterocycles. The first kappa shape index (κ1) is 28.2. The molecule has 4 aromatic rings. The Hall–Kier alpha value is -4.90. The number of aliphatic hydroxyl groups is 1. The molecule has 0 saturated carbocycles. The lowest BCUT2D eigenvalue weighted by Gasteiger charge is -2.31. The Morgan fingerprint density at radius 1 is 0.791 bits per heavy atom. The Balaban J connectivity index is 1.08. The summed E-state index contributed by atoms with van der Waals surface area (Å²) in [5, 5.41) is 29.5. The van der Waals surface area contributed by atoms with Crippen molar-refractivity contribution in [2.24, 2.45) is 0 Å². The molecule has 222 valence electrons. The second-order valence-corrected chi connectivity index (χ2v) is 11.1. The summed E-state index contributed by atoms with van der Waals surface area (Å²) in [6, 6.07) is 20.3. The highest BCUT2D eigenvalue weighted by atomic mass is 16.4. The molecule has 11 heteroatoms. The van der Waals surface area contributed by atoms with Gasteiger partial charge in [0.1, 0.15) is 0 Å². The van der Waals surface area contributed by atoms with Crippen LogP contribution >= 0.6 is 0 Å². The van der Waals surface area contributed by atoms with Crippen LogP contribution in [-0.2, 0) is 0 Å². The second-order valence-electron chi connectivity index (χ2n) is 11.1. The molecule has 0 aliphatic carbocycles. The van der Waals surface area contributed by atoms with Crippen molar-refractivity contribution < 1.29 is 24.6 Å². The van der Waals surface area contributed by atoms with Crippen molar-refractivity contribution in [1.29, 1.82) is 0 Å². The summed E-state index contributed by atoms with van der Waals surface area (Å²) in [5.74, 6) is -0.276. The smallest absolute Gasteiger partial charge is 0.404 e. The van der Waals surface area contributed by atoms with Gasteiger partial charge in [-0.25, -0.2) is 9.48 Å². The summed E-state index contributed by atoms with van der Waals surface area (Å²) in [7, 11) is 0. The first-order valence-corrected chi connectivity index (χ1v) is 14.6. The van der Waals surface area contributed by atoms with Crippen LogP contribution in [0.1, 0.15) is 46.4 Å². The van der Waals surface area contributed by atoms with Crippen LogP contribution in [0.4, 0.5) is 16.2 Å². The number of aliphatic hydroxyl groups excluding tert-OH is 1. The number of aromatic nitrogens is 2. The maximum Gasteiger partial charge on any atom is 0.404 e. The fraction of sp³-hybridized carbons (Fsp3) is 0.312. The Kier molecular flexibility index (Phi) is 7.97. The zero-order chi connectivity index (χ0) is 29.9. The van der Waals surface area contributed by atoms with Gasteiger partial charge in [0.05, 0.1) is 23.5 Å². The first-order valence-electron chi connectivity index (χ1n) is 14.6. The number of benzene rings is 3. The Morgan fingerprint density at radius 3 is 2.12 bits per heavy atom. The molecule has 11 nitrogen and oxygen atoms in total.